The van der Waals surface area contributed by atoms with Crippen LogP contribution >= 0.6 is 23.1 Å². The molecule has 2 heterocycles. The summed E-state index contributed by atoms with van der Waals surface area (Å²) in [6, 6.07) is 9.97. The van der Waals surface area contributed by atoms with Gasteiger partial charge in [-0.15, -0.1) is 11.3 Å². The van der Waals surface area contributed by atoms with Gasteiger partial charge in [-0.25, -0.2) is 13.4 Å². The van der Waals surface area contributed by atoms with Gasteiger partial charge in [-0.1, -0.05) is 12.1 Å². The number of hydrogen-bond donors (Lipinski definition) is 1. The van der Waals surface area contributed by atoms with Crippen LogP contribution in [0.15, 0.2) is 52.3 Å². The number of carboxylic acids is 1. The van der Waals surface area contributed by atoms with E-state index in [0.717, 1.165) is 0 Å². The molecule has 0 aliphatic carbocycles. The zero-order valence-electron chi connectivity index (χ0n) is 16.3. The molecule has 1 fully saturated rings. The van der Waals surface area contributed by atoms with Gasteiger partial charge in [0.1, 0.15) is 5.01 Å². The van der Waals surface area contributed by atoms with Crippen molar-refractivity contribution in [3.8, 4) is 10.6 Å². The Kier molecular flexibility index (Phi) is 5.99. The van der Waals surface area contributed by atoms with E-state index in [4.69, 9.17) is 4.74 Å². The first-order chi connectivity index (χ1) is 15.0. The van der Waals surface area contributed by atoms with Gasteiger partial charge in [-0.3, -0.25) is 4.79 Å². The molecule has 0 bridgehead atoms. The van der Waals surface area contributed by atoms with E-state index in [-0.39, 0.29) is 47.6 Å². The Balaban J connectivity index is 1.68. The topological polar surface area (TPSA) is 93.6 Å². The Morgan fingerprint density at radius 2 is 1.78 bits per heavy atom. The smallest absolute Gasteiger partial charge is 0.446 e. The van der Waals surface area contributed by atoms with E-state index in [1.165, 1.54) is 53.8 Å². The molecule has 1 saturated heterocycles. The fourth-order valence-corrected chi connectivity index (χ4v) is 7.05. The monoisotopic (exact) mass is 503 g/mol. The highest BCUT2D eigenvalue weighted by atomic mass is 32.2. The van der Waals surface area contributed by atoms with Crippen LogP contribution in [-0.2, 0) is 19.4 Å². The molecule has 0 saturated carbocycles. The van der Waals surface area contributed by atoms with Crippen molar-refractivity contribution in [3.05, 3.63) is 42.5 Å². The Morgan fingerprint density at radius 3 is 2.38 bits per heavy atom. The predicted octanol–water partition coefficient (Wildman–Crippen LogP) is 4.98. The predicted molar refractivity (Wildman–Crippen MR) is 115 cm³/mol. The molecule has 12 heteroatoms. The molecule has 32 heavy (non-hydrogen) atoms. The van der Waals surface area contributed by atoms with Crippen LogP contribution in [-0.4, -0.2) is 47.9 Å². The summed E-state index contributed by atoms with van der Waals surface area (Å²) in [6.45, 7) is 0.0855. The zero-order valence-corrected chi connectivity index (χ0v) is 18.7. The first kappa shape index (κ1) is 23.0. The summed E-state index contributed by atoms with van der Waals surface area (Å²) >= 11 is 0.966. The Bertz CT molecular complexity index is 1260. The quantitative estimate of drug-likeness (QED) is 0.491. The molecule has 0 unspecified atom stereocenters. The molecule has 6 nitrogen and oxygen atoms in total. The number of thioether (sulfide) groups is 1. The minimum atomic E-state index is -4.38. The average molecular weight is 504 g/mol. The van der Waals surface area contributed by atoms with Crippen LogP contribution in [0, 0.1) is 0 Å². The Hall–Kier alpha value is -2.15. The zero-order chi connectivity index (χ0) is 23.1. The van der Waals surface area contributed by atoms with Crippen molar-refractivity contribution in [3.63, 3.8) is 0 Å². The van der Waals surface area contributed by atoms with Crippen LogP contribution in [0.1, 0.15) is 12.8 Å². The van der Waals surface area contributed by atoms with E-state index in [9.17, 15) is 31.5 Å². The maximum Gasteiger partial charge on any atom is 0.446 e. The number of nitrogens with zero attached hydrogens (tertiary/aromatic N) is 1. The third-order valence-corrected chi connectivity index (χ3v) is 9.50. The van der Waals surface area contributed by atoms with Crippen LogP contribution in [0.5, 0.6) is 0 Å². The van der Waals surface area contributed by atoms with Gasteiger partial charge in [0.15, 0.2) is 14.6 Å². The second-order valence-corrected chi connectivity index (χ2v) is 11.6. The number of aliphatic carboxylic acids is 1. The second-order valence-electron chi connectivity index (χ2n) is 7.14. The number of ether oxygens (including phenoxy) is 1. The molecule has 0 atom stereocenters. The Morgan fingerprint density at radius 1 is 1.12 bits per heavy atom. The highest BCUT2D eigenvalue weighted by molar-refractivity contribution is 8.00. The van der Waals surface area contributed by atoms with Crippen LogP contribution < -0.4 is 0 Å². The van der Waals surface area contributed by atoms with Gasteiger partial charge in [-0.2, -0.15) is 13.2 Å². The van der Waals surface area contributed by atoms with Crippen LogP contribution in [0.3, 0.4) is 0 Å². The summed E-state index contributed by atoms with van der Waals surface area (Å²) < 4.78 is 67.8. The number of aromatic nitrogens is 1. The summed E-state index contributed by atoms with van der Waals surface area (Å²) in [6.07, 6.45) is -0.280. The molecule has 0 amide bonds. The lowest BCUT2D eigenvalue weighted by Gasteiger charge is -2.32. The molecule has 1 N–H and O–H groups in total. The molecule has 170 valence electrons. The molecule has 4 rings (SSSR count). The lowest BCUT2D eigenvalue weighted by Crippen LogP contribution is -2.50. The van der Waals surface area contributed by atoms with Crippen molar-refractivity contribution in [2.75, 3.05) is 13.2 Å². The number of halogens is 3. The summed E-state index contributed by atoms with van der Waals surface area (Å²) in [5.41, 5.74) is -3.28. The molecule has 3 aromatic rings. The fraction of sp³-hybridized carbons (Fsp3) is 0.300. The lowest BCUT2D eigenvalue weighted by molar-refractivity contribution is -0.142. The van der Waals surface area contributed by atoms with Crippen LogP contribution in [0.2, 0.25) is 0 Å². The number of carbonyl (C=O) groups is 1. The number of rotatable bonds is 5. The Labute approximate surface area is 189 Å². The van der Waals surface area contributed by atoms with Crippen LogP contribution in [0.25, 0.3) is 20.8 Å². The molecule has 1 aliphatic rings. The first-order valence-electron chi connectivity index (χ1n) is 9.34. The van der Waals surface area contributed by atoms with Crippen molar-refractivity contribution >= 4 is 49.1 Å². The third-order valence-electron chi connectivity index (χ3n) is 5.21. The van der Waals surface area contributed by atoms with Crippen molar-refractivity contribution in [2.24, 2.45) is 0 Å². The molecular formula is C20H16F3NO5S3. The maximum atomic E-state index is 13.3. The van der Waals surface area contributed by atoms with Crippen molar-refractivity contribution in [2.45, 2.75) is 32.9 Å². The summed E-state index contributed by atoms with van der Waals surface area (Å²) in [5.74, 6) is -1.40. The lowest BCUT2D eigenvalue weighted by atomic mass is 9.99. The highest BCUT2D eigenvalue weighted by Crippen LogP contribution is 2.40. The van der Waals surface area contributed by atoms with Gasteiger partial charge < -0.3 is 9.84 Å². The number of hydrogen-bond acceptors (Lipinski definition) is 7. The normalized spacial score (nSPS) is 16.8. The molecule has 1 aromatic heterocycles. The summed E-state index contributed by atoms with van der Waals surface area (Å²) in [7, 11) is -4.20. The van der Waals surface area contributed by atoms with E-state index in [0.29, 0.717) is 20.8 Å². The number of fused-ring (bicyclic) bond motifs is 1. The second kappa shape index (κ2) is 8.32. The van der Waals surface area contributed by atoms with Gasteiger partial charge in [0.05, 0.1) is 15.1 Å². The average Bonchev–Trinajstić information content (AvgIpc) is 3.17. The van der Waals surface area contributed by atoms with E-state index >= 15 is 0 Å². The summed E-state index contributed by atoms with van der Waals surface area (Å²) in [4.78, 5) is 16.3. The largest absolute Gasteiger partial charge is 0.480 e. The first-order valence-corrected chi connectivity index (χ1v) is 12.5. The SMILES string of the molecule is O=C(O)C1(S(=O)(=O)c2ccc3nc(-c4ccc(SC(F)(F)F)cc4)sc3c2)CCOCC1. The molecule has 0 spiro atoms. The highest BCUT2D eigenvalue weighted by Gasteiger charge is 2.52. The van der Waals surface area contributed by atoms with Gasteiger partial charge in [0.25, 0.3) is 0 Å². The standard InChI is InChI=1S/C20H16F3NO5S3/c21-20(22,23)31-13-3-1-12(2-4-13)17-24-15-6-5-14(11-16(15)30-17)32(27,28)19(18(25)26)7-9-29-10-8-19/h1-6,11H,7-10H2,(H,25,26). The molecule has 1 aliphatic heterocycles. The summed E-state index contributed by atoms with van der Waals surface area (Å²) in [5, 5.41) is 10.2. The van der Waals surface area contributed by atoms with Gasteiger partial charge in [-0.05, 0) is 42.1 Å². The third kappa shape index (κ3) is 4.24. The maximum absolute atomic E-state index is 13.3. The molecule has 2 aromatic carbocycles. The number of alkyl halides is 3. The minimum absolute atomic E-state index is 0.0428. The van der Waals surface area contributed by atoms with Gasteiger partial charge >= 0.3 is 11.5 Å². The number of benzene rings is 2. The fourth-order valence-electron chi connectivity index (χ4n) is 3.52. The van der Waals surface area contributed by atoms with E-state index in [1.54, 1.807) is 0 Å². The van der Waals surface area contributed by atoms with Crippen molar-refractivity contribution < 1.29 is 36.2 Å². The van der Waals surface area contributed by atoms with Gasteiger partial charge in [0.2, 0.25) is 0 Å². The van der Waals surface area contributed by atoms with Crippen molar-refractivity contribution in [1.82, 2.24) is 4.98 Å². The van der Waals surface area contributed by atoms with E-state index in [2.05, 4.69) is 4.98 Å². The number of carboxylic acid groups (broad SMARTS) is 1. The van der Waals surface area contributed by atoms with Crippen LogP contribution in [0.4, 0.5) is 13.2 Å². The molecular weight excluding hydrogens is 487 g/mol. The minimum Gasteiger partial charge on any atom is -0.480 e. The number of thiazole rings is 1. The number of sulfone groups is 1. The molecule has 0 radical (unpaired) electrons. The van der Waals surface area contributed by atoms with E-state index < -0.39 is 26.1 Å². The van der Waals surface area contributed by atoms with Gasteiger partial charge in [0, 0.05) is 36.5 Å². The van der Waals surface area contributed by atoms with E-state index in [1.807, 2.05) is 0 Å². The van der Waals surface area contributed by atoms with Crippen molar-refractivity contribution in [1.29, 1.82) is 0 Å².